The van der Waals surface area contributed by atoms with E-state index in [1.165, 1.54) is 6.07 Å². The second-order valence-electron chi connectivity index (χ2n) is 5.75. The molecule has 0 aliphatic carbocycles. The molecule has 136 valence electrons. The number of benzene rings is 2. The van der Waals surface area contributed by atoms with Crippen LogP contribution < -0.4 is 9.47 Å². The van der Waals surface area contributed by atoms with E-state index in [-0.39, 0.29) is 29.6 Å². The van der Waals surface area contributed by atoms with Gasteiger partial charge in [-0.05, 0) is 35.7 Å². The molecule has 3 rings (SSSR count). The van der Waals surface area contributed by atoms with Gasteiger partial charge >= 0.3 is 22.2 Å². The van der Waals surface area contributed by atoms with Crippen molar-refractivity contribution in [2.24, 2.45) is 0 Å². The first-order valence-electron chi connectivity index (χ1n) is 7.46. The Kier molecular flexibility index (Phi) is 4.72. The molecule has 1 heterocycles. The van der Waals surface area contributed by atoms with Gasteiger partial charge in [-0.15, -0.1) is 3.89 Å². The summed E-state index contributed by atoms with van der Waals surface area (Å²) in [5.41, 5.74) is 0.760. The Balaban J connectivity index is 1.84. The first kappa shape index (κ1) is 18.3. The molecule has 0 saturated heterocycles. The van der Waals surface area contributed by atoms with Crippen LogP contribution in [0.4, 0.5) is 3.89 Å². The molecule has 0 bridgehead atoms. The molecule has 1 aliphatic heterocycles. The Bertz CT molecular complexity index is 1020. The van der Waals surface area contributed by atoms with Crippen LogP contribution in [0.25, 0.3) is 0 Å². The second-order valence-corrected chi connectivity index (χ2v) is 7.47. The monoisotopic (exact) mass is 398 g/mol. The Labute approximate surface area is 153 Å². The van der Waals surface area contributed by atoms with E-state index in [0.29, 0.717) is 5.75 Å². The summed E-state index contributed by atoms with van der Waals surface area (Å²) in [5.74, 6) is -0.761. The van der Waals surface area contributed by atoms with E-state index >= 15 is 0 Å². The predicted octanol–water partition coefficient (Wildman–Crippen LogP) is 3.63. The highest BCUT2D eigenvalue weighted by molar-refractivity contribution is 7.86. The van der Waals surface area contributed by atoms with Crippen LogP contribution in [0, 0.1) is 0 Å². The van der Waals surface area contributed by atoms with Crippen LogP contribution in [0.15, 0.2) is 41.3 Å². The van der Waals surface area contributed by atoms with Gasteiger partial charge in [0.1, 0.15) is 16.4 Å². The number of carbonyl (C=O) groups excluding carboxylic acids is 2. The summed E-state index contributed by atoms with van der Waals surface area (Å²) >= 11 is 5.70. The average molecular weight is 399 g/mol. The smallest absolute Gasteiger partial charge is 0.343 e. The van der Waals surface area contributed by atoms with Gasteiger partial charge < -0.3 is 9.47 Å². The van der Waals surface area contributed by atoms with Crippen LogP contribution in [0.2, 0.25) is 5.02 Å². The van der Waals surface area contributed by atoms with Gasteiger partial charge in [0.2, 0.25) is 0 Å². The molecule has 0 radical (unpaired) electrons. The van der Waals surface area contributed by atoms with E-state index in [2.05, 4.69) is 0 Å². The van der Waals surface area contributed by atoms with Crippen LogP contribution in [0.5, 0.6) is 11.5 Å². The topological polar surface area (TPSA) is 86.7 Å². The highest BCUT2D eigenvalue weighted by Crippen LogP contribution is 2.36. The Hall–Kier alpha value is -2.45. The first-order valence-corrected chi connectivity index (χ1v) is 9.22. The molecule has 1 unspecified atom stereocenters. The highest BCUT2D eigenvalue weighted by Gasteiger charge is 2.25. The average Bonchev–Trinajstić information content (AvgIpc) is 2.52. The second kappa shape index (κ2) is 6.69. The van der Waals surface area contributed by atoms with Crippen LogP contribution in [0.1, 0.15) is 35.2 Å². The summed E-state index contributed by atoms with van der Waals surface area (Å²) in [5, 5.41) is -0.435. The fraction of sp³-hybridized carbons (Fsp3) is 0.176. The molecule has 9 heteroatoms. The van der Waals surface area contributed by atoms with Gasteiger partial charge in [-0.25, -0.2) is 4.79 Å². The molecule has 0 aromatic heterocycles. The Morgan fingerprint density at radius 3 is 2.65 bits per heavy atom. The lowest BCUT2D eigenvalue weighted by atomic mass is 9.95. The maximum atomic E-state index is 13.0. The first-order chi connectivity index (χ1) is 12.1. The zero-order valence-electron chi connectivity index (χ0n) is 13.4. The molecular formula is C17H12ClFO6S. The third kappa shape index (κ3) is 3.71. The largest absolute Gasteiger partial charge is 0.426 e. The molecule has 0 saturated carbocycles. The van der Waals surface area contributed by atoms with Gasteiger partial charge in [0, 0.05) is 6.07 Å². The third-order valence-corrected chi connectivity index (χ3v) is 5.16. The number of halogens is 2. The minimum atomic E-state index is -4.99. The molecule has 1 atom stereocenters. The van der Waals surface area contributed by atoms with Crippen LogP contribution in [0.3, 0.4) is 0 Å². The Morgan fingerprint density at radius 2 is 2.00 bits per heavy atom. The zero-order chi connectivity index (χ0) is 19.1. The number of rotatable bonds is 3. The quantitative estimate of drug-likeness (QED) is 0.445. The minimum Gasteiger partial charge on any atom is -0.426 e. The summed E-state index contributed by atoms with van der Waals surface area (Å²) in [6.07, 6.45) is 0.272. The zero-order valence-corrected chi connectivity index (χ0v) is 14.9. The fourth-order valence-corrected chi connectivity index (χ4v) is 3.57. The van der Waals surface area contributed by atoms with Crippen LogP contribution in [-0.2, 0) is 15.0 Å². The van der Waals surface area contributed by atoms with Gasteiger partial charge in [0.25, 0.3) is 0 Å². The number of hydrogen-bond donors (Lipinski definition) is 0. The number of esters is 2. The third-order valence-electron chi connectivity index (χ3n) is 3.85. The van der Waals surface area contributed by atoms with Crippen LogP contribution >= 0.6 is 11.6 Å². The summed E-state index contributed by atoms with van der Waals surface area (Å²) in [7, 11) is -4.99. The number of ether oxygens (including phenoxy) is 2. The summed E-state index contributed by atoms with van der Waals surface area (Å²) < 4.78 is 45.2. The molecule has 0 spiro atoms. The SMILES string of the molecule is CC1CC(=O)Oc2cc(OC(=O)c3ccc(S(=O)(=O)F)c(Cl)c3)ccc21. The number of hydrogen-bond acceptors (Lipinski definition) is 6. The maximum absolute atomic E-state index is 13.0. The summed E-state index contributed by atoms with van der Waals surface area (Å²) in [4.78, 5) is 23.0. The van der Waals surface area contributed by atoms with Crippen molar-refractivity contribution in [2.75, 3.05) is 0 Å². The molecule has 2 aromatic rings. The van der Waals surface area contributed by atoms with Gasteiger partial charge in [0.05, 0.1) is 17.0 Å². The normalized spacial score (nSPS) is 16.6. The van der Waals surface area contributed by atoms with E-state index in [1.807, 2.05) is 6.92 Å². The van der Waals surface area contributed by atoms with Gasteiger partial charge in [-0.1, -0.05) is 24.6 Å². The van der Waals surface area contributed by atoms with E-state index in [1.54, 1.807) is 12.1 Å². The van der Waals surface area contributed by atoms with Gasteiger partial charge in [0.15, 0.2) is 0 Å². The molecule has 0 N–H and O–H groups in total. The van der Waals surface area contributed by atoms with Crippen LogP contribution in [-0.4, -0.2) is 20.4 Å². The molecule has 1 aliphatic rings. The van der Waals surface area contributed by atoms with Crippen molar-refractivity contribution in [1.82, 2.24) is 0 Å². The lowest BCUT2D eigenvalue weighted by molar-refractivity contribution is -0.135. The fourth-order valence-electron chi connectivity index (χ4n) is 2.59. The van der Waals surface area contributed by atoms with E-state index < -0.39 is 26.1 Å². The standard InChI is InChI=1S/C17H12ClFO6S/c1-9-6-16(20)25-14-8-11(3-4-12(9)14)24-17(21)10-2-5-15(13(18)7-10)26(19,22)23/h2-5,7-9H,6H2,1H3. The van der Waals surface area contributed by atoms with Crippen molar-refractivity contribution in [3.63, 3.8) is 0 Å². The van der Waals surface area contributed by atoms with E-state index in [4.69, 9.17) is 21.1 Å². The van der Waals surface area contributed by atoms with Crippen molar-refractivity contribution < 1.29 is 31.4 Å². The van der Waals surface area contributed by atoms with Gasteiger partial charge in [-0.3, -0.25) is 4.79 Å². The molecule has 0 amide bonds. The Morgan fingerprint density at radius 1 is 1.27 bits per heavy atom. The lowest BCUT2D eigenvalue weighted by Crippen LogP contribution is -2.18. The van der Waals surface area contributed by atoms with Crippen molar-refractivity contribution in [1.29, 1.82) is 0 Å². The van der Waals surface area contributed by atoms with E-state index in [9.17, 15) is 21.9 Å². The van der Waals surface area contributed by atoms with Crippen molar-refractivity contribution >= 4 is 33.8 Å². The van der Waals surface area contributed by atoms with Crippen molar-refractivity contribution in [3.05, 3.63) is 52.5 Å². The molecule has 26 heavy (non-hydrogen) atoms. The molecule has 2 aromatic carbocycles. The van der Waals surface area contributed by atoms with Crippen molar-refractivity contribution in [2.45, 2.75) is 24.2 Å². The molecule has 6 nitrogen and oxygen atoms in total. The number of fused-ring (bicyclic) bond motifs is 1. The van der Waals surface area contributed by atoms with Crippen molar-refractivity contribution in [3.8, 4) is 11.5 Å². The maximum Gasteiger partial charge on any atom is 0.343 e. The summed E-state index contributed by atoms with van der Waals surface area (Å²) in [6, 6.07) is 7.63. The van der Waals surface area contributed by atoms with E-state index in [0.717, 1.165) is 23.8 Å². The highest BCUT2D eigenvalue weighted by atomic mass is 35.5. The lowest BCUT2D eigenvalue weighted by Gasteiger charge is -2.21. The summed E-state index contributed by atoms with van der Waals surface area (Å²) in [6.45, 7) is 1.88. The predicted molar refractivity (Wildman–Crippen MR) is 89.8 cm³/mol. The minimum absolute atomic E-state index is 0.00926. The molecule has 0 fully saturated rings. The number of carbonyl (C=O) groups is 2. The molecular weight excluding hydrogens is 387 g/mol. The van der Waals surface area contributed by atoms with Gasteiger partial charge in [-0.2, -0.15) is 8.42 Å².